The Morgan fingerprint density at radius 2 is 1.95 bits per heavy atom. The second kappa shape index (κ2) is 4.78. The molecule has 0 saturated carbocycles. The molecule has 0 bridgehead atoms. The van der Waals surface area contributed by atoms with E-state index in [4.69, 9.17) is 11.6 Å². The highest BCUT2D eigenvalue weighted by Gasteiger charge is 2.38. The second-order valence-corrected chi connectivity index (χ2v) is 5.72. The fourth-order valence-corrected chi connectivity index (χ4v) is 2.88. The Kier molecular flexibility index (Phi) is 2.87. The summed E-state index contributed by atoms with van der Waals surface area (Å²) in [5.74, 6) is 1.26. The van der Waals surface area contributed by atoms with Gasteiger partial charge in [-0.15, -0.1) is 0 Å². The molecule has 2 aromatic rings. The van der Waals surface area contributed by atoms with Crippen molar-refractivity contribution in [2.45, 2.75) is 13.0 Å². The number of benzene rings is 1. The first kappa shape index (κ1) is 13.2. The van der Waals surface area contributed by atoms with Crippen LogP contribution in [0.1, 0.15) is 18.1 Å². The molecule has 3 heterocycles. The van der Waals surface area contributed by atoms with Gasteiger partial charge in [0.25, 0.3) is 5.91 Å². The molecular formula is C17H12ClN3O. The van der Waals surface area contributed by atoms with Crippen molar-refractivity contribution in [3.8, 4) is 0 Å². The monoisotopic (exact) mass is 309 g/mol. The van der Waals surface area contributed by atoms with E-state index in [0.29, 0.717) is 16.7 Å². The molecule has 0 saturated heterocycles. The van der Waals surface area contributed by atoms with Crippen molar-refractivity contribution in [2.24, 2.45) is 4.99 Å². The van der Waals surface area contributed by atoms with Gasteiger partial charge in [0.1, 0.15) is 17.7 Å². The van der Waals surface area contributed by atoms with E-state index < -0.39 is 6.04 Å². The summed E-state index contributed by atoms with van der Waals surface area (Å²) in [6, 6.07) is 11.0. The molecule has 0 N–H and O–H groups in total. The zero-order valence-corrected chi connectivity index (χ0v) is 12.6. The van der Waals surface area contributed by atoms with Crippen molar-refractivity contribution in [2.75, 3.05) is 4.90 Å². The van der Waals surface area contributed by atoms with Gasteiger partial charge in [-0.1, -0.05) is 23.7 Å². The average molecular weight is 310 g/mol. The van der Waals surface area contributed by atoms with Gasteiger partial charge in [0.15, 0.2) is 0 Å². The van der Waals surface area contributed by atoms with Crippen LogP contribution in [0.3, 0.4) is 0 Å². The van der Waals surface area contributed by atoms with Crippen molar-refractivity contribution >= 4 is 40.8 Å². The van der Waals surface area contributed by atoms with Crippen LogP contribution in [-0.4, -0.2) is 22.8 Å². The van der Waals surface area contributed by atoms with Gasteiger partial charge in [-0.2, -0.15) is 0 Å². The maximum absolute atomic E-state index is 12.5. The molecule has 2 aliphatic rings. The van der Waals surface area contributed by atoms with Crippen LogP contribution in [0, 0.1) is 0 Å². The van der Waals surface area contributed by atoms with Gasteiger partial charge in [-0.05, 0) is 42.8 Å². The van der Waals surface area contributed by atoms with E-state index in [-0.39, 0.29) is 5.91 Å². The third-order valence-electron chi connectivity index (χ3n) is 3.83. The molecule has 0 radical (unpaired) electrons. The minimum atomic E-state index is -0.390. The fourth-order valence-electron chi connectivity index (χ4n) is 2.75. The van der Waals surface area contributed by atoms with Crippen molar-refractivity contribution in [3.63, 3.8) is 0 Å². The van der Waals surface area contributed by atoms with E-state index >= 15 is 0 Å². The molecule has 1 aromatic heterocycles. The highest BCUT2D eigenvalue weighted by Crippen LogP contribution is 2.36. The second-order valence-electron chi connectivity index (χ2n) is 5.28. The molecule has 4 nitrogen and oxygen atoms in total. The largest absolute Gasteiger partial charge is 0.272 e. The average Bonchev–Trinajstić information content (AvgIpc) is 2.83. The summed E-state index contributed by atoms with van der Waals surface area (Å²) >= 11 is 5.97. The maximum Gasteiger partial charge on any atom is 0.258 e. The lowest BCUT2D eigenvalue weighted by molar-refractivity contribution is -0.117. The molecule has 5 heteroatoms. The summed E-state index contributed by atoms with van der Waals surface area (Å²) in [5.41, 5.74) is 2.80. The first-order valence-corrected chi connectivity index (χ1v) is 7.38. The van der Waals surface area contributed by atoms with Gasteiger partial charge < -0.3 is 0 Å². The molecule has 1 unspecified atom stereocenters. The Morgan fingerprint density at radius 3 is 2.73 bits per heavy atom. The number of carbonyl (C=O) groups is 1. The van der Waals surface area contributed by atoms with Gasteiger partial charge in [0.2, 0.25) is 0 Å². The molecule has 2 aliphatic heterocycles. The normalized spacial score (nSPS) is 19.5. The van der Waals surface area contributed by atoms with Crippen LogP contribution < -0.4 is 4.90 Å². The minimum Gasteiger partial charge on any atom is -0.272 e. The van der Waals surface area contributed by atoms with Crippen LogP contribution in [0.2, 0.25) is 5.02 Å². The van der Waals surface area contributed by atoms with Gasteiger partial charge >= 0.3 is 0 Å². The molecule has 108 valence electrons. The standard InChI is InChI=1S/C17H12ClN3O/c1-10-17(22)21-15-12(3-2-8-19-15)9-14(16(21)20-10)11-4-6-13(18)7-5-11/h2-10H,1H3. The molecule has 0 fully saturated rings. The molecule has 1 aromatic carbocycles. The van der Waals surface area contributed by atoms with E-state index in [9.17, 15) is 4.79 Å². The number of nitrogens with zero attached hydrogens (tertiary/aromatic N) is 3. The lowest BCUT2D eigenvalue weighted by Gasteiger charge is -2.25. The predicted molar refractivity (Wildman–Crippen MR) is 87.9 cm³/mol. The van der Waals surface area contributed by atoms with Crippen molar-refractivity contribution in [1.29, 1.82) is 0 Å². The van der Waals surface area contributed by atoms with Crippen LogP contribution in [-0.2, 0) is 4.79 Å². The molecule has 4 rings (SSSR count). The summed E-state index contributed by atoms with van der Waals surface area (Å²) in [4.78, 5) is 22.9. The van der Waals surface area contributed by atoms with Crippen LogP contribution in [0.25, 0.3) is 11.6 Å². The van der Waals surface area contributed by atoms with Gasteiger partial charge in [0, 0.05) is 22.4 Å². The number of carbonyl (C=O) groups excluding carboxylic acids is 1. The Balaban J connectivity index is 1.94. The number of aliphatic imine (C=N–C) groups is 1. The first-order chi connectivity index (χ1) is 10.6. The maximum atomic E-state index is 12.5. The molecule has 0 spiro atoms. The Bertz CT molecular complexity index is 839. The van der Waals surface area contributed by atoms with Gasteiger partial charge in [-0.3, -0.25) is 9.79 Å². The van der Waals surface area contributed by atoms with E-state index in [1.165, 1.54) is 0 Å². The number of anilines is 1. The number of halogens is 1. The minimum absolute atomic E-state index is 0.0467. The van der Waals surface area contributed by atoms with Crippen molar-refractivity contribution in [1.82, 2.24) is 4.98 Å². The number of fused-ring (bicyclic) bond motifs is 3. The summed E-state index contributed by atoms with van der Waals surface area (Å²) in [6.07, 6.45) is 3.71. The Labute approximate surface area is 132 Å². The number of hydrogen-bond donors (Lipinski definition) is 0. The van der Waals surface area contributed by atoms with E-state index in [0.717, 1.165) is 16.7 Å². The smallest absolute Gasteiger partial charge is 0.258 e. The van der Waals surface area contributed by atoms with E-state index in [2.05, 4.69) is 9.98 Å². The van der Waals surface area contributed by atoms with Gasteiger partial charge in [-0.25, -0.2) is 9.88 Å². The number of hydrogen-bond acceptors (Lipinski definition) is 3. The number of aromatic nitrogens is 1. The highest BCUT2D eigenvalue weighted by molar-refractivity contribution is 6.43. The van der Waals surface area contributed by atoms with E-state index in [1.807, 2.05) is 42.5 Å². The summed E-state index contributed by atoms with van der Waals surface area (Å²) in [6.45, 7) is 1.80. The number of rotatable bonds is 1. The molecule has 1 amide bonds. The fraction of sp³-hybridized carbons (Fsp3) is 0.118. The number of pyridine rings is 1. The van der Waals surface area contributed by atoms with Crippen LogP contribution in [0.15, 0.2) is 47.6 Å². The van der Waals surface area contributed by atoms with E-state index in [1.54, 1.807) is 18.0 Å². The lowest BCUT2D eigenvalue weighted by Crippen LogP contribution is -2.37. The quantitative estimate of drug-likeness (QED) is 0.810. The summed E-state index contributed by atoms with van der Waals surface area (Å²) in [7, 11) is 0. The SMILES string of the molecule is CC1N=C2C(c3ccc(Cl)cc3)=Cc3cccnc3N2C1=O. The zero-order chi connectivity index (χ0) is 15.3. The van der Waals surface area contributed by atoms with Gasteiger partial charge in [0.05, 0.1) is 0 Å². The van der Waals surface area contributed by atoms with Crippen molar-refractivity contribution < 1.29 is 4.79 Å². The zero-order valence-electron chi connectivity index (χ0n) is 11.8. The molecule has 0 aliphatic carbocycles. The number of amidine groups is 1. The Hall–Kier alpha value is -2.46. The summed E-state index contributed by atoms with van der Waals surface area (Å²) < 4.78 is 0. The summed E-state index contributed by atoms with van der Waals surface area (Å²) in [5, 5.41) is 0.678. The molecular weight excluding hydrogens is 298 g/mol. The van der Waals surface area contributed by atoms with Crippen molar-refractivity contribution in [3.05, 3.63) is 58.7 Å². The van der Waals surface area contributed by atoms with Crippen LogP contribution in [0.4, 0.5) is 5.82 Å². The van der Waals surface area contributed by atoms with Crippen LogP contribution in [0.5, 0.6) is 0 Å². The third kappa shape index (κ3) is 1.88. The lowest BCUT2D eigenvalue weighted by atomic mass is 9.98. The third-order valence-corrected chi connectivity index (χ3v) is 4.08. The highest BCUT2D eigenvalue weighted by atomic mass is 35.5. The predicted octanol–water partition coefficient (Wildman–Crippen LogP) is 3.42. The molecule has 1 atom stereocenters. The Morgan fingerprint density at radius 1 is 1.18 bits per heavy atom. The number of amides is 1. The first-order valence-electron chi connectivity index (χ1n) is 7.00. The molecule has 22 heavy (non-hydrogen) atoms. The van der Waals surface area contributed by atoms with Crippen LogP contribution >= 0.6 is 11.6 Å². The topological polar surface area (TPSA) is 45.6 Å².